The third-order valence-corrected chi connectivity index (χ3v) is 6.17. The Hall–Kier alpha value is -4.26. The van der Waals surface area contributed by atoms with Gasteiger partial charge in [-0.15, -0.1) is 0 Å². The summed E-state index contributed by atoms with van der Waals surface area (Å²) in [7, 11) is 0. The number of aliphatic imine (C=N–C) groups is 1. The highest BCUT2D eigenvalue weighted by molar-refractivity contribution is 6.21. The maximum Gasteiger partial charge on any atom is 0.272 e. The Kier molecular flexibility index (Phi) is 4.36. The summed E-state index contributed by atoms with van der Waals surface area (Å²) in [4.78, 5) is 36.0. The molecule has 2 amide bonds. The van der Waals surface area contributed by atoms with Crippen molar-refractivity contribution in [3.63, 3.8) is 0 Å². The lowest BCUT2D eigenvalue weighted by Gasteiger charge is -2.20. The van der Waals surface area contributed by atoms with Crippen molar-refractivity contribution in [2.24, 2.45) is 4.99 Å². The van der Waals surface area contributed by atoms with Crippen LogP contribution in [0.4, 0.5) is 10.1 Å². The lowest BCUT2D eigenvalue weighted by Crippen LogP contribution is -2.47. The van der Waals surface area contributed by atoms with Gasteiger partial charge in [-0.2, -0.15) is 0 Å². The average Bonchev–Trinajstić information content (AvgIpc) is 3.44. The largest absolute Gasteiger partial charge is 0.351 e. The normalized spacial score (nSPS) is 17.0. The summed E-state index contributed by atoms with van der Waals surface area (Å²) in [6, 6.07) is 21.2. The lowest BCUT2D eigenvalue weighted by molar-refractivity contribution is -0.120. The average molecular weight is 438 g/mol. The van der Waals surface area contributed by atoms with Crippen LogP contribution in [0.2, 0.25) is 0 Å². The van der Waals surface area contributed by atoms with Gasteiger partial charge in [0.25, 0.3) is 11.8 Å². The molecule has 0 aliphatic carbocycles. The Morgan fingerprint density at radius 1 is 1.06 bits per heavy atom. The SMILES string of the molecule is O=C(N[C@H]1N=C(c2ccc(F)cc2)c2cccc3c2N(CC3)C1=O)c1cc2ccccc2[nH]1. The number of hydrogen-bond acceptors (Lipinski definition) is 3. The number of aromatic nitrogens is 1. The van der Waals surface area contributed by atoms with Crippen LogP contribution in [0.3, 0.4) is 0 Å². The van der Waals surface area contributed by atoms with E-state index in [1.54, 1.807) is 23.1 Å². The van der Waals surface area contributed by atoms with Crippen LogP contribution in [-0.4, -0.2) is 35.2 Å². The van der Waals surface area contributed by atoms with E-state index in [2.05, 4.69) is 10.3 Å². The van der Waals surface area contributed by atoms with Crippen molar-refractivity contribution in [3.8, 4) is 0 Å². The highest BCUT2D eigenvalue weighted by atomic mass is 19.1. The quantitative estimate of drug-likeness (QED) is 0.510. The van der Waals surface area contributed by atoms with Crippen molar-refractivity contribution in [1.29, 1.82) is 0 Å². The third-order valence-electron chi connectivity index (χ3n) is 6.17. The molecule has 0 fully saturated rings. The molecular weight excluding hydrogens is 419 g/mol. The Labute approximate surface area is 188 Å². The number of nitrogens with zero attached hydrogens (tertiary/aromatic N) is 2. The molecule has 6 nitrogen and oxygen atoms in total. The van der Waals surface area contributed by atoms with Crippen molar-refractivity contribution < 1.29 is 14.0 Å². The molecule has 1 aromatic heterocycles. The van der Waals surface area contributed by atoms with Crippen LogP contribution in [0.1, 0.15) is 27.2 Å². The van der Waals surface area contributed by atoms with E-state index in [4.69, 9.17) is 4.99 Å². The molecule has 3 heterocycles. The number of aromatic amines is 1. The minimum absolute atomic E-state index is 0.289. The monoisotopic (exact) mass is 438 g/mol. The third kappa shape index (κ3) is 3.20. The number of hydrogen-bond donors (Lipinski definition) is 2. The first kappa shape index (κ1) is 19.4. The van der Waals surface area contributed by atoms with Gasteiger partial charge in [-0.05, 0) is 48.4 Å². The van der Waals surface area contributed by atoms with Gasteiger partial charge in [0.15, 0.2) is 0 Å². The number of amides is 2. The summed E-state index contributed by atoms with van der Waals surface area (Å²) < 4.78 is 13.6. The number of carbonyl (C=O) groups is 2. The van der Waals surface area contributed by atoms with Gasteiger partial charge in [-0.25, -0.2) is 9.38 Å². The van der Waals surface area contributed by atoms with Crippen LogP contribution >= 0.6 is 0 Å². The molecule has 7 heteroatoms. The molecule has 6 rings (SSSR count). The van der Waals surface area contributed by atoms with Crippen LogP contribution in [0.5, 0.6) is 0 Å². The molecule has 0 spiro atoms. The maximum atomic E-state index is 13.6. The first-order valence-electron chi connectivity index (χ1n) is 10.7. The van der Waals surface area contributed by atoms with E-state index in [1.807, 2.05) is 42.5 Å². The zero-order chi connectivity index (χ0) is 22.5. The van der Waals surface area contributed by atoms with E-state index in [-0.39, 0.29) is 11.7 Å². The smallest absolute Gasteiger partial charge is 0.272 e. The first-order valence-corrected chi connectivity index (χ1v) is 10.7. The minimum Gasteiger partial charge on any atom is -0.351 e. The molecule has 2 aliphatic heterocycles. The first-order chi connectivity index (χ1) is 16.1. The summed E-state index contributed by atoms with van der Waals surface area (Å²) in [6.45, 7) is 0.524. The number of benzene rings is 3. The van der Waals surface area contributed by atoms with Gasteiger partial charge < -0.3 is 15.2 Å². The molecule has 0 saturated heterocycles. The second kappa shape index (κ2) is 7.41. The van der Waals surface area contributed by atoms with Crippen molar-refractivity contribution in [3.05, 3.63) is 101 Å². The number of nitrogens with one attached hydrogen (secondary N) is 2. The molecule has 0 unspecified atom stereocenters. The molecule has 33 heavy (non-hydrogen) atoms. The predicted octanol–water partition coefficient (Wildman–Crippen LogP) is 3.80. The molecule has 0 saturated carbocycles. The zero-order valence-corrected chi connectivity index (χ0v) is 17.5. The Morgan fingerprint density at radius 2 is 1.88 bits per heavy atom. The highest BCUT2D eigenvalue weighted by Gasteiger charge is 2.37. The number of rotatable bonds is 3. The lowest BCUT2D eigenvalue weighted by atomic mass is 9.98. The highest BCUT2D eigenvalue weighted by Crippen LogP contribution is 2.36. The summed E-state index contributed by atoms with van der Waals surface area (Å²) in [5.74, 6) is -1.06. The summed E-state index contributed by atoms with van der Waals surface area (Å²) in [6.07, 6.45) is -0.379. The van der Waals surface area contributed by atoms with Gasteiger partial charge in [0, 0.05) is 28.6 Å². The summed E-state index contributed by atoms with van der Waals surface area (Å²) in [5, 5.41) is 3.70. The van der Waals surface area contributed by atoms with E-state index >= 15 is 0 Å². The van der Waals surface area contributed by atoms with Crippen molar-refractivity contribution in [2.75, 3.05) is 11.4 Å². The van der Waals surface area contributed by atoms with Crippen molar-refractivity contribution in [1.82, 2.24) is 10.3 Å². The molecule has 1 atom stereocenters. The van der Waals surface area contributed by atoms with Crippen LogP contribution in [0.15, 0.2) is 77.8 Å². The van der Waals surface area contributed by atoms with Gasteiger partial charge in [-0.3, -0.25) is 9.59 Å². The van der Waals surface area contributed by atoms with Crippen molar-refractivity contribution in [2.45, 2.75) is 12.6 Å². The number of fused-ring (bicyclic) bond motifs is 1. The molecule has 2 N–H and O–H groups in total. The number of anilines is 1. The summed E-state index contributed by atoms with van der Waals surface area (Å²) >= 11 is 0. The molecule has 2 aliphatic rings. The van der Waals surface area contributed by atoms with Gasteiger partial charge in [-0.1, -0.05) is 36.4 Å². The fourth-order valence-corrected chi connectivity index (χ4v) is 4.60. The Morgan fingerprint density at radius 3 is 2.70 bits per heavy atom. The number of carbonyl (C=O) groups excluding carboxylic acids is 2. The van der Waals surface area contributed by atoms with Crippen LogP contribution in [-0.2, 0) is 11.2 Å². The van der Waals surface area contributed by atoms with Crippen LogP contribution < -0.4 is 10.2 Å². The second-order valence-corrected chi connectivity index (χ2v) is 8.18. The summed E-state index contributed by atoms with van der Waals surface area (Å²) in [5.41, 5.74) is 5.08. The molecule has 0 radical (unpaired) electrons. The fourth-order valence-electron chi connectivity index (χ4n) is 4.60. The van der Waals surface area contributed by atoms with Crippen molar-refractivity contribution >= 4 is 34.1 Å². The Bertz CT molecular complexity index is 1420. The second-order valence-electron chi connectivity index (χ2n) is 8.18. The van der Waals surface area contributed by atoms with E-state index in [0.29, 0.717) is 23.5 Å². The fraction of sp³-hybridized carbons (Fsp3) is 0.115. The zero-order valence-electron chi connectivity index (χ0n) is 17.5. The number of halogens is 1. The molecule has 3 aromatic carbocycles. The van der Waals surface area contributed by atoms with Crippen LogP contribution in [0.25, 0.3) is 10.9 Å². The predicted molar refractivity (Wildman–Crippen MR) is 124 cm³/mol. The van der Waals surface area contributed by atoms with E-state index in [0.717, 1.165) is 34.1 Å². The van der Waals surface area contributed by atoms with E-state index < -0.39 is 12.1 Å². The van der Waals surface area contributed by atoms with Gasteiger partial charge in [0.1, 0.15) is 11.5 Å². The van der Waals surface area contributed by atoms with Gasteiger partial charge in [0.05, 0.1) is 11.4 Å². The number of H-pyrrole nitrogens is 1. The van der Waals surface area contributed by atoms with Gasteiger partial charge in [0.2, 0.25) is 6.17 Å². The topological polar surface area (TPSA) is 77.6 Å². The molecule has 4 aromatic rings. The Balaban J connectivity index is 1.43. The maximum absolute atomic E-state index is 13.6. The molecular formula is C26H19FN4O2. The molecule has 162 valence electrons. The standard InChI is InChI=1S/C26H19FN4O2/c27-18-10-8-15(9-11-18)22-19-6-3-5-16-12-13-31(23(16)19)26(33)24(29-22)30-25(32)21-14-17-4-1-2-7-20(17)28-21/h1-11,14,24,28H,12-13H2,(H,30,32)/t24-/m1/s1. The van der Waals surface area contributed by atoms with Gasteiger partial charge >= 0.3 is 0 Å². The van der Waals surface area contributed by atoms with E-state index in [9.17, 15) is 14.0 Å². The minimum atomic E-state index is -1.11. The van der Waals surface area contributed by atoms with Crippen LogP contribution in [0, 0.1) is 5.82 Å². The van der Waals surface area contributed by atoms with E-state index in [1.165, 1.54) is 12.1 Å². The molecule has 0 bridgehead atoms. The number of para-hydroxylation sites is 2.